The summed E-state index contributed by atoms with van der Waals surface area (Å²) in [6.45, 7) is 4.21. The molecule has 126 valence electrons. The molecule has 0 heterocycles. The number of carbonyl (C=O) groups excluding carboxylic acids is 2. The van der Waals surface area contributed by atoms with Gasteiger partial charge in [0.05, 0.1) is 6.10 Å². The summed E-state index contributed by atoms with van der Waals surface area (Å²) in [5.74, 6) is 0.760. The zero-order valence-corrected chi connectivity index (χ0v) is 13.9. The number of hydrogen-bond donors (Lipinski definition) is 2. The molecule has 0 amide bonds. The minimum absolute atomic E-state index is 0.0365. The van der Waals surface area contributed by atoms with Crippen molar-refractivity contribution in [1.82, 2.24) is 0 Å². The van der Waals surface area contributed by atoms with Gasteiger partial charge in [-0.1, -0.05) is 13.8 Å². The van der Waals surface area contributed by atoms with Crippen LogP contribution >= 0.6 is 0 Å². The molecule has 0 aromatic rings. The van der Waals surface area contributed by atoms with Crippen LogP contribution in [0.25, 0.3) is 0 Å². The summed E-state index contributed by atoms with van der Waals surface area (Å²) in [5.41, 5.74) is 0.184. The van der Waals surface area contributed by atoms with Crippen molar-refractivity contribution in [2.45, 2.75) is 64.6 Å². The average Bonchev–Trinajstić information content (AvgIpc) is 2.82. The molecule has 0 aliphatic heterocycles. The van der Waals surface area contributed by atoms with Gasteiger partial charge >= 0.3 is 0 Å². The first-order chi connectivity index (χ1) is 10.8. The van der Waals surface area contributed by atoms with E-state index in [0.717, 1.165) is 31.3 Å². The predicted octanol–water partition coefficient (Wildman–Crippen LogP) is 2.03. The van der Waals surface area contributed by atoms with Gasteiger partial charge in [0.15, 0.2) is 5.78 Å². The number of aliphatic hydroxyl groups excluding tert-OH is 2. The van der Waals surface area contributed by atoms with Gasteiger partial charge in [-0.15, -0.1) is 0 Å². The Morgan fingerprint density at radius 1 is 1.00 bits per heavy atom. The molecule has 0 saturated heterocycles. The van der Waals surface area contributed by atoms with Crippen molar-refractivity contribution in [2.24, 2.45) is 28.6 Å². The van der Waals surface area contributed by atoms with E-state index in [1.54, 1.807) is 6.08 Å². The summed E-state index contributed by atoms with van der Waals surface area (Å²) in [7, 11) is 0. The standard InChI is InChI=1S/C19H26O4/c1-18-7-5-10(20)9-13(18)16(22)17(23)15-11-3-4-14(21)19(11,2)8-6-12(15)18/h9,11-12,15-17,22-23H,3-8H2,1-2H3/t11?,12?,15?,16-,17-,18-,19+/m1/s1. The maximum absolute atomic E-state index is 12.4. The van der Waals surface area contributed by atoms with Crippen molar-refractivity contribution in [2.75, 3.05) is 0 Å². The Hall–Kier alpha value is -1.00. The van der Waals surface area contributed by atoms with Crippen molar-refractivity contribution in [3.8, 4) is 0 Å². The number of carbonyl (C=O) groups is 2. The molecule has 4 heteroatoms. The molecule has 4 rings (SSSR count). The Kier molecular flexibility index (Phi) is 3.21. The first-order valence-corrected chi connectivity index (χ1v) is 8.93. The fourth-order valence-corrected chi connectivity index (χ4v) is 6.34. The molecule has 0 radical (unpaired) electrons. The van der Waals surface area contributed by atoms with E-state index in [-0.39, 0.29) is 34.4 Å². The molecule has 2 N–H and O–H groups in total. The number of fused-ring (bicyclic) bond motifs is 5. The van der Waals surface area contributed by atoms with Crippen LogP contribution in [0.5, 0.6) is 0 Å². The van der Waals surface area contributed by atoms with Gasteiger partial charge in [0.2, 0.25) is 0 Å². The van der Waals surface area contributed by atoms with Crippen LogP contribution in [0, 0.1) is 28.6 Å². The first-order valence-electron chi connectivity index (χ1n) is 8.93. The highest BCUT2D eigenvalue weighted by Crippen LogP contribution is 2.64. The Morgan fingerprint density at radius 3 is 2.43 bits per heavy atom. The molecular weight excluding hydrogens is 292 g/mol. The lowest BCUT2D eigenvalue weighted by Gasteiger charge is -2.59. The molecule has 4 nitrogen and oxygen atoms in total. The molecule has 3 saturated carbocycles. The lowest BCUT2D eigenvalue weighted by atomic mass is 9.46. The highest BCUT2D eigenvalue weighted by atomic mass is 16.3. The Bertz CT molecular complexity index is 608. The summed E-state index contributed by atoms with van der Waals surface area (Å²) < 4.78 is 0. The van der Waals surface area contributed by atoms with Crippen LogP contribution in [0.1, 0.15) is 52.4 Å². The number of aliphatic hydroxyl groups is 2. The second kappa shape index (κ2) is 4.76. The molecule has 0 bridgehead atoms. The number of Topliss-reactive ketones (excluding diaryl/α,β-unsaturated/α-hetero) is 1. The monoisotopic (exact) mass is 318 g/mol. The van der Waals surface area contributed by atoms with Crippen LogP contribution < -0.4 is 0 Å². The number of ketones is 2. The van der Waals surface area contributed by atoms with E-state index in [1.165, 1.54) is 0 Å². The van der Waals surface area contributed by atoms with Crippen LogP contribution in [-0.4, -0.2) is 34.0 Å². The van der Waals surface area contributed by atoms with Crippen molar-refractivity contribution < 1.29 is 19.8 Å². The molecule has 3 unspecified atom stereocenters. The second-order valence-corrected chi connectivity index (χ2v) is 8.63. The summed E-state index contributed by atoms with van der Waals surface area (Å²) in [5, 5.41) is 21.6. The van der Waals surface area contributed by atoms with E-state index >= 15 is 0 Å². The third-order valence-corrected chi connectivity index (χ3v) is 7.76. The van der Waals surface area contributed by atoms with Crippen LogP contribution in [-0.2, 0) is 9.59 Å². The first kappa shape index (κ1) is 15.5. The minimum atomic E-state index is -0.969. The molecule has 7 atom stereocenters. The third kappa shape index (κ3) is 1.85. The lowest BCUT2D eigenvalue weighted by Crippen LogP contribution is -2.60. The van der Waals surface area contributed by atoms with E-state index in [1.807, 2.05) is 0 Å². The highest BCUT2D eigenvalue weighted by molar-refractivity contribution is 5.92. The fourth-order valence-electron chi connectivity index (χ4n) is 6.34. The molecule has 0 spiro atoms. The van der Waals surface area contributed by atoms with Gasteiger partial charge in [-0.05, 0) is 60.5 Å². The highest BCUT2D eigenvalue weighted by Gasteiger charge is 2.63. The maximum atomic E-state index is 12.4. The summed E-state index contributed by atoms with van der Waals surface area (Å²) >= 11 is 0. The Balaban J connectivity index is 1.79. The van der Waals surface area contributed by atoms with E-state index in [0.29, 0.717) is 18.6 Å². The van der Waals surface area contributed by atoms with Gasteiger partial charge in [-0.3, -0.25) is 9.59 Å². The summed E-state index contributed by atoms with van der Waals surface area (Å²) in [6.07, 6.45) is 4.23. The molecule has 0 aromatic carbocycles. The predicted molar refractivity (Wildman–Crippen MR) is 84.5 cm³/mol. The van der Waals surface area contributed by atoms with Crippen LogP contribution in [0.2, 0.25) is 0 Å². The molecule has 0 aromatic heterocycles. The van der Waals surface area contributed by atoms with Gasteiger partial charge in [-0.2, -0.15) is 0 Å². The van der Waals surface area contributed by atoms with Crippen molar-refractivity contribution in [3.05, 3.63) is 11.6 Å². The van der Waals surface area contributed by atoms with Crippen molar-refractivity contribution in [1.29, 1.82) is 0 Å². The van der Waals surface area contributed by atoms with Gasteiger partial charge in [0, 0.05) is 18.3 Å². The van der Waals surface area contributed by atoms with Gasteiger partial charge in [0.25, 0.3) is 0 Å². The lowest BCUT2D eigenvalue weighted by molar-refractivity contribution is -0.154. The summed E-state index contributed by atoms with van der Waals surface area (Å²) in [4.78, 5) is 24.2. The SMILES string of the molecule is C[C@]12CCC(=O)C=C1[C@@H](O)[C@H](O)C1C2CC[C@]2(C)C(=O)CCC12. The second-order valence-electron chi connectivity index (χ2n) is 8.63. The average molecular weight is 318 g/mol. The molecule has 4 aliphatic rings. The Morgan fingerprint density at radius 2 is 1.70 bits per heavy atom. The van der Waals surface area contributed by atoms with E-state index in [2.05, 4.69) is 13.8 Å². The van der Waals surface area contributed by atoms with Crippen molar-refractivity contribution >= 4 is 11.6 Å². The molecule has 4 aliphatic carbocycles. The van der Waals surface area contributed by atoms with Gasteiger partial charge in [-0.25, -0.2) is 0 Å². The van der Waals surface area contributed by atoms with Crippen molar-refractivity contribution in [3.63, 3.8) is 0 Å². The van der Waals surface area contributed by atoms with Gasteiger partial charge in [0.1, 0.15) is 11.9 Å². The minimum Gasteiger partial charge on any atom is -0.390 e. The van der Waals surface area contributed by atoms with E-state index in [9.17, 15) is 19.8 Å². The zero-order valence-electron chi connectivity index (χ0n) is 13.9. The molecule has 3 fully saturated rings. The summed E-state index contributed by atoms with van der Waals surface area (Å²) in [6, 6.07) is 0. The third-order valence-electron chi connectivity index (χ3n) is 7.76. The maximum Gasteiger partial charge on any atom is 0.155 e. The zero-order chi connectivity index (χ0) is 16.6. The smallest absolute Gasteiger partial charge is 0.155 e. The number of hydrogen-bond acceptors (Lipinski definition) is 4. The van der Waals surface area contributed by atoms with Crippen LogP contribution in [0.4, 0.5) is 0 Å². The Labute approximate surface area is 137 Å². The topological polar surface area (TPSA) is 74.6 Å². The molecular formula is C19H26O4. The van der Waals surface area contributed by atoms with Crippen LogP contribution in [0.15, 0.2) is 11.6 Å². The van der Waals surface area contributed by atoms with Gasteiger partial charge < -0.3 is 10.2 Å². The quantitative estimate of drug-likeness (QED) is 0.717. The normalized spacial score (nSPS) is 52.5. The number of rotatable bonds is 0. The molecule has 23 heavy (non-hydrogen) atoms. The largest absolute Gasteiger partial charge is 0.390 e. The van der Waals surface area contributed by atoms with E-state index < -0.39 is 12.2 Å². The fraction of sp³-hybridized carbons (Fsp3) is 0.789. The van der Waals surface area contributed by atoms with E-state index in [4.69, 9.17) is 0 Å². The van der Waals surface area contributed by atoms with Crippen LogP contribution in [0.3, 0.4) is 0 Å².